The first-order chi connectivity index (χ1) is 9.01. The fourth-order valence-electron chi connectivity index (χ4n) is 1.80. The smallest absolute Gasteiger partial charge is 0.136 e. The molecule has 2 nitrogen and oxygen atoms in total. The highest BCUT2D eigenvalue weighted by atomic mass is 79.9. The van der Waals surface area contributed by atoms with E-state index < -0.39 is 0 Å². The zero-order valence-electron chi connectivity index (χ0n) is 10.6. The van der Waals surface area contributed by atoms with Gasteiger partial charge < -0.3 is 9.73 Å². The Labute approximate surface area is 138 Å². The molecule has 5 heteroatoms. The van der Waals surface area contributed by atoms with Gasteiger partial charge in [0.15, 0.2) is 0 Å². The van der Waals surface area contributed by atoms with Crippen LogP contribution in [-0.4, -0.2) is 13.1 Å². The van der Waals surface area contributed by atoms with Crippen molar-refractivity contribution in [3.63, 3.8) is 0 Å². The van der Waals surface area contributed by atoms with Crippen molar-refractivity contribution < 1.29 is 4.42 Å². The maximum atomic E-state index is 5.93. The number of hydrogen-bond acceptors (Lipinski definition) is 2. The molecule has 1 N–H and O–H groups in total. The molecule has 0 spiro atoms. The molecule has 0 aliphatic rings. The quantitative estimate of drug-likeness (QED) is 0.674. The largest absolute Gasteiger partial charge is 0.461 e. The molecule has 2 aromatic rings. The molecule has 0 saturated heterocycles. The lowest BCUT2D eigenvalue weighted by molar-refractivity contribution is 0.481. The molecule has 0 saturated carbocycles. The highest BCUT2D eigenvalue weighted by Gasteiger charge is 2.14. The van der Waals surface area contributed by atoms with E-state index in [1.807, 2.05) is 31.3 Å². The van der Waals surface area contributed by atoms with Gasteiger partial charge >= 0.3 is 0 Å². The van der Waals surface area contributed by atoms with Gasteiger partial charge in [0.25, 0.3) is 0 Å². The number of nitrogens with one attached hydrogen (secondary N) is 1. The summed E-state index contributed by atoms with van der Waals surface area (Å²) in [5.41, 5.74) is 1.03. The maximum Gasteiger partial charge on any atom is 0.136 e. The lowest BCUT2D eigenvalue weighted by Gasteiger charge is -2.08. The van der Waals surface area contributed by atoms with Crippen molar-refractivity contribution in [3.05, 3.63) is 43.4 Å². The van der Waals surface area contributed by atoms with Crippen LogP contribution in [0.3, 0.4) is 0 Å². The van der Waals surface area contributed by atoms with Crippen molar-refractivity contribution in [2.24, 2.45) is 0 Å². The molecule has 1 aromatic heterocycles. The number of halogens is 3. The fourth-order valence-corrected chi connectivity index (χ4v) is 4.45. The van der Waals surface area contributed by atoms with E-state index in [9.17, 15) is 0 Å². The fraction of sp³-hybridized carbons (Fsp3) is 0.286. The van der Waals surface area contributed by atoms with Gasteiger partial charge in [0, 0.05) is 31.4 Å². The van der Waals surface area contributed by atoms with Gasteiger partial charge in [-0.3, -0.25) is 0 Å². The second kappa shape index (κ2) is 6.57. The Morgan fingerprint density at radius 1 is 1.16 bits per heavy atom. The Morgan fingerprint density at radius 2 is 1.79 bits per heavy atom. The molecule has 0 radical (unpaired) electrons. The Bertz CT molecular complexity index is 557. The minimum Gasteiger partial charge on any atom is -0.461 e. The van der Waals surface area contributed by atoms with Crippen LogP contribution in [0, 0.1) is 0 Å². The van der Waals surface area contributed by atoms with Gasteiger partial charge in [-0.05, 0) is 70.1 Å². The molecule has 1 atom stereocenters. The molecule has 19 heavy (non-hydrogen) atoms. The van der Waals surface area contributed by atoms with Crippen molar-refractivity contribution in [1.82, 2.24) is 5.32 Å². The van der Waals surface area contributed by atoms with E-state index in [0.717, 1.165) is 36.9 Å². The Hall–Kier alpha value is -0.100. The second-order valence-corrected chi connectivity index (χ2v) is 7.03. The van der Waals surface area contributed by atoms with Crippen molar-refractivity contribution in [2.45, 2.75) is 19.4 Å². The SMILES string of the molecule is CNC(C)Cc1ccc(-c2c(Br)cc(Br)cc2Br)o1. The Morgan fingerprint density at radius 3 is 2.37 bits per heavy atom. The summed E-state index contributed by atoms with van der Waals surface area (Å²) in [5, 5.41) is 3.21. The predicted molar refractivity (Wildman–Crippen MR) is 89.5 cm³/mol. The number of hydrogen-bond donors (Lipinski definition) is 1. The van der Waals surface area contributed by atoms with Gasteiger partial charge in [0.05, 0.1) is 0 Å². The van der Waals surface area contributed by atoms with Crippen LogP contribution in [0.1, 0.15) is 12.7 Å². The van der Waals surface area contributed by atoms with Gasteiger partial charge in [0.2, 0.25) is 0 Å². The molecule has 1 unspecified atom stereocenters. The second-order valence-electron chi connectivity index (χ2n) is 4.40. The van der Waals surface area contributed by atoms with E-state index >= 15 is 0 Å². The van der Waals surface area contributed by atoms with Gasteiger partial charge in [-0.2, -0.15) is 0 Å². The first kappa shape index (κ1) is 15.3. The summed E-state index contributed by atoms with van der Waals surface area (Å²) in [6, 6.07) is 8.47. The highest BCUT2D eigenvalue weighted by molar-refractivity contribution is 9.11. The Balaban J connectivity index is 2.33. The van der Waals surface area contributed by atoms with Crippen molar-refractivity contribution >= 4 is 47.8 Å². The third-order valence-electron chi connectivity index (χ3n) is 2.92. The lowest BCUT2D eigenvalue weighted by atomic mass is 10.2. The molecule has 102 valence electrons. The topological polar surface area (TPSA) is 25.2 Å². The molecular formula is C14H14Br3NO. The molecule has 0 fully saturated rings. The van der Waals surface area contributed by atoms with Crippen molar-refractivity contribution in [2.75, 3.05) is 7.05 Å². The standard InChI is InChI=1S/C14H14Br3NO/c1-8(18-2)5-10-3-4-13(19-10)14-11(16)6-9(15)7-12(14)17/h3-4,6-8,18H,5H2,1-2H3. The summed E-state index contributed by atoms with van der Waals surface area (Å²) < 4.78 is 8.94. The summed E-state index contributed by atoms with van der Waals surface area (Å²) >= 11 is 10.6. The summed E-state index contributed by atoms with van der Waals surface area (Å²) in [4.78, 5) is 0. The summed E-state index contributed by atoms with van der Waals surface area (Å²) in [6.45, 7) is 2.13. The average molecular weight is 452 g/mol. The number of likely N-dealkylation sites (N-methyl/N-ethyl adjacent to an activating group) is 1. The third kappa shape index (κ3) is 3.72. The van der Waals surface area contributed by atoms with E-state index in [1.165, 1.54) is 0 Å². The first-order valence-electron chi connectivity index (χ1n) is 5.92. The molecule has 1 aromatic carbocycles. The molecule has 1 heterocycles. The third-order valence-corrected chi connectivity index (χ3v) is 4.62. The van der Waals surface area contributed by atoms with Crippen LogP contribution < -0.4 is 5.32 Å². The normalized spacial score (nSPS) is 12.7. The van der Waals surface area contributed by atoms with Gasteiger partial charge in [-0.1, -0.05) is 15.9 Å². The van der Waals surface area contributed by atoms with Crippen LogP contribution in [0.25, 0.3) is 11.3 Å². The zero-order chi connectivity index (χ0) is 14.0. The van der Waals surface area contributed by atoms with E-state index in [4.69, 9.17) is 4.42 Å². The van der Waals surface area contributed by atoms with E-state index in [-0.39, 0.29) is 0 Å². The van der Waals surface area contributed by atoms with Crippen LogP contribution in [0.2, 0.25) is 0 Å². The van der Waals surface area contributed by atoms with Gasteiger partial charge in [-0.15, -0.1) is 0 Å². The number of benzene rings is 1. The number of rotatable bonds is 4. The highest BCUT2D eigenvalue weighted by Crippen LogP contribution is 2.38. The first-order valence-corrected chi connectivity index (χ1v) is 8.30. The predicted octanol–water partition coefficient (Wildman–Crippen LogP) is 5.38. The molecular weight excluding hydrogens is 438 g/mol. The number of furan rings is 1. The van der Waals surface area contributed by atoms with Crippen molar-refractivity contribution in [3.8, 4) is 11.3 Å². The van der Waals surface area contributed by atoms with E-state index in [2.05, 4.69) is 60.0 Å². The monoisotopic (exact) mass is 449 g/mol. The van der Waals surface area contributed by atoms with Crippen molar-refractivity contribution in [1.29, 1.82) is 0 Å². The maximum absolute atomic E-state index is 5.93. The molecule has 0 bridgehead atoms. The summed E-state index contributed by atoms with van der Waals surface area (Å²) in [6.07, 6.45) is 0.877. The van der Waals surface area contributed by atoms with Crippen LogP contribution in [-0.2, 0) is 6.42 Å². The van der Waals surface area contributed by atoms with E-state index in [1.54, 1.807) is 0 Å². The van der Waals surface area contributed by atoms with Crippen LogP contribution >= 0.6 is 47.8 Å². The molecule has 2 rings (SSSR count). The average Bonchev–Trinajstić information content (AvgIpc) is 2.75. The minimum atomic E-state index is 0.399. The molecule has 0 amide bonds. The van der Waals surface area contributed by atoms with Crippen LogP contribution in [0.15, 0.2) is 42.1 Å². The van der Waals surface area contributed by atoms with Gasteiger partial charge in [0.1, 0.15) is 11.5 Å². The summed E-state index contributed by atoms with van der Waals surface area (Å²) in [5.74, 6) is 1.85. The van der Waals surface area contributed by atoms with E-state index in [0.29, 0.717) is 6.04 Å². The van der Waals surface area contributed by atoms with Crippen LogP contribution in [0.5, 0.6) is 0 Å². The zero-order valence-corrected chi connectivity index (χ0v) is 15.4. The molecule has 0 aliphatic carbocycles. The summed E-state index contributed by atoms with van der Waals surface area (Å²) in [7, 11) is 1.95. The van der Waals surface area contributed by atoms with Gasteiger partial charge in [-0.25, -0.2) is 0 Å². The lowest BCUT2D eigenvalue weighted by Crippen LogP contribution is -2.23. The minimum absolute atomic E-state index is 0.399. The Kier molecular flexibility index (Phi) is 5.29. The van der Waals surface area contributed by atoms with Crippen LogP contribution in [0.4, 0.5) is 0 Å². The molecule has 0 aliphatic heterocycles.